The number of carbonyl (C=O) groups is 1. The standard InChI is InChI=1S/C17H15ClN6O2S.C3H8/c18-13-5-1-2-6-14(13)24-17(19-20-21-24)27-11-16(26)22-8-9-23-12(10-22)4-3-7-15(23)25;1-3-2/h1-7H,8-11H2;3H2,1-2H3. The number of hydrogen-bond acceptors (Lipinski definition) is 6. The Hall–Kier alpha value is -2.65. The number of aromatic nitrogens is 5. The zero-order valence-electron chi connectivity index (χ0n) is 16.9. The number of halogens is 1. The molecule has 10 heteroatoms. The highest BCUT2D eigenvalue weighted by Crippen LogP contribution is 2.24. The zero-order valence-corrected chi connectivity index (χ0v) is 18.4. The molecule has 1 aliphatic heterocycles. The molecule has 1 aliphatic rings. The van der Waals surface area contributed by atoms with Gasteiger partial charge < -0.3 is 9.47 Å². The minimum absolute atomic E-state index is 0.0312. The summed E-state index contributed by atoms with van der Waals surface area (Å²) in [5.74, 6) is 0.165. The van der Waals surface area contributed by atoms with E-state index in [2.05, 4.69) is 29.4 Å². The van der Waals surface area contributed by atoms with Crippen LogP contribution < -0.4 is 5.56 Å². The molecule has 0 saturated carbocycles. The summed E-state index contributed by atoms with van der Waals surface area (Å²) in [5.41, 5.74) is 1.46. The maximum atomic E-state index is 12.6. The van der Waals surface area contributed by atoms with Gasteiger partial charge in [-0.1, -0.05) is 61.8 Å². The highest BCUT2D eigenvalue weighted by atomic mass is 35.5. The topological polar surface area (TPSA) is 85.9 Å². The van der Waals surface area contributed by atoms with E-state index in [1.807, 2.05) is 24.3 Å². The number of pyridine rings is 1. The number of para-hydroxylation sites is 1. The van der Waals surface area contributed by atoms with Crippen molar-refractivity contribution in [2.24, 2.45) is 0 Å². The SMILES string of the molecule is CCC.O=C(CSc1nnnn1-c1ccccc1Cl)N1CCn2c(cccc2=O)C1. The van der Waals surface area contributed by atoms with Crippen molar-refractivity contribution in [2.75, 3.05) is 12.3 Å². The highest BCUT2D eigenvalue weighted by Gasteiger charge is 2.22. The molecule has 2 aromatic heterocycles. The second kappa shape index (κ2) is 10.4. The molecule has 0 aliphatic carbocycles. The lowest BCUT2D eigenvalue weighted by molar-refractivity contribution is -0.129. The Bertz CT molecular complexity index is 1070. The molecule has 8 nitrogen and oxygen atoms in total. The van der Waals surface area contributed by atoms with Crippen LogP contribution in [0.2, 0.25) is 5.02 Å². The molecular weight excluding hydrogens is 424 g/mol. The Balaban J connectivity index is 0.000000806. The molecule has 3 aromatic rings. The van der Waals surface area contributed by atoms with E-state index in [1.165, 1.54) is 28.9 Å². The Morgan fingerprint density at radius 3 is 2.67 bits per heavy atom. The summed E-state index contributed by atoms with van der Waals surface area (Å²) < 4.78 is 3.22. The van der Waals surface area contributed by atoms with Crippen LogP contribution in [0.15, 0.2) is 52.4 Å². The summed E-state index contributed by atoms with van der Waals surface area (Å²) in [6.45, 7) is 5.68. The van der Waals surface area contributed by atoms with Crippen molar-refractivity contribution in [1.82, 2.24) is 29.7 Å². The van der Waals surface area contributed by atoms with Gasteiger partial charge in [-0.3, -0.25) is 9.59 Å². The van der Waals surface area contributed by atoms with E-state index < -0.39 is 0 Å². The number of amides is 1. The third-order valence-electron chi connectivity index (χ3n) is 4.29. The van der Waals surface area contributed by atoms with Crippen molar-refractivity contribution in [3.8, 4) is 5.69 Å². The number of benzene rings is 1. The van der Waals surface area contributed by atoms with E-state index in [1.54, 1.807) is 21.6 Å². The summed E-state index contributed by atoms with van der Waals surface area (Å²) in [5, 5.41) is 12.7. The Labute approximate surface area is 183 Å². The first kappa shape index (κ1) is 22.0. The number of nitrogens with zero attached hydrogens (tertiary/aromatic N) is 6. The lowest BCUT2D eigenvalue weighted by Crippen LogP contribution is -2.42. The number of hydrogen-bond donors (Lipinski definition) is 0. The Morgan fingerprint density at radius 2 is 1.90 bits per heavy atom. The van der Waals surface area contributed by atoms with E-state index >= 15 is 0 Å². The molecule has 1 aromatic carbocycles. The quantitative estimate of drug-likeness (QED) is 0.572. The van der Waals surface area contributed by atoms with Crippen molar-refractivity contribution in [3.05, 3.63) is 63.5 Å². The van der Waals surface area contributed by atoms with Gasteiger partial charge in [-0.25, -0.2) is 0 Å². The van der Waals surface area contributed by atoms with Gasteiger partial charge in [0.1, 0.15) is 0 Å². The van der Waals surface area contributed by atoms with E-state index in [0.717, 1.165) is 5.69 Å². The molecule has 0 atom stereocenters. The fraction of sp³-hybridized carbons (Fsp3) is 0.350. The molecule has 0 spiro atoms. The third-order valence-corrected chi connectivity index (χ3v) is 5.51. The first-order chi connectivity index (χ1) is 14.5. The molecular formula is C20H23ClN6O2S. The van der Waals surface area contributed by atoms with Crippen LogP contribution in [0.25, 0.3) is 5.69 Å². The maximum Gasteiger partial charge on any atom is 0.250 e. The smallest absolute Gasteiger partial charge is 0.250 e. The van der Waals surface area contributed by atoms with Crippen LogP contribution in [0, 0.1) is 0 Å². The lowest BCUT2D eigenvalue weighted by atomic mass is 10.2. The van der Waals surface area contributed by atoms with Crippen molar-refractivity contribution >= 4 is 29.3 Å². The van der Waals surface area contributed by atoms with E-state index in [9.17, 15) is 9.59 Å². The average Bonchev–Trinajstić information content (AvgIpc) is 3.21. The molecule has 4 rings (SSSR count). The van der Waals surface area contributed by atoms with Gasteiger partial charge in [-0.15, -0.1) is 5.10 Å². The highest BCUT2D eigenvalue weighted by molar-refractivity contribution is 7.99. The van der Waals surface area contributed by atoms with Crippen molar-refractivity contribution in [2.45, 2.75) is 38.5 Å². The molecule has 0 N–H and O–H groups in total. The normalized spacial score (nSPS) is 12.7. The van der Waals surface area contributed by atoms with E-state index in [4.69, 9.17) is 11.6 Å². The Kier molecular flexibility index (Phi) is 7.64. The van der Waals surface area contributed by atoms with Gasteiger partial charge in [-0.2, -0.15) is 4.68 Å². The van der Waals surface area contributed by atoms with Gasteiger partial charge in [0.2, 0.25) is 11.1 Å². The molecule has 0 bridgehead atoms. The summed E-state index contributed by atoms with van der Waals surface area (Å²) >= 11 is 7.46. The minimum Gasteiger partial charge on any atom is -0.334 e. The van der Waals surface area contributed by atoms with Crippen molar-refractivity contribution in [1.29, 1.82) is 0 Å². The molecule has 158 valence electrons. The molecule has 30 heavy (non-hydrogen) atoms. The number of tetrazole rings is 1. The molecule has 1 amide bonds. The van der Waals surface area contributed by atoms with Gasteiger partial charge in [0.15, 0.2) is 0 Å². The number of rotatable bonds is 4. The summed E-state index contributed by atoms with van der Waals surface area (Å²) in [7, 11) is 0. The van der Waals surface area contributed by atoms with Crippen molar-refractivity contribution in [3.63, 3.8) is 0 Å². The number of thioether (sulfide) groups is 1. The largest absolute Gasteiger partial charge is 0.334 e. The van der Waals surface area contributed by atoms with Crippen LogP contribution >= 0.6 is 23.4 Å². The molecule has 0 fully saturated rings. The second-order valence-electron chi connectivity index (χ2n) is 6.64. The molecule has 0 radical (unpaired) electrons. The maximum absolute atomic E-state index is 12.6. The molecule has 0 saturated heterocycles. The summed E-state index contributed by atoms with van der Waals surface area (Å²) in [6.07, 6.45) is 1.25. The second-order valence-corrected chi connectivity index (χ2v) is 7.99. The van der Waals surface area contributed by atoms with Gasteiger partial charge in [0.05, 0.1) is 23.0 Å². The van der Waals surface area contributed by atoms with Crippen LogP contribution in [-0.4, -0.2) is 47.9 Å². The van der Waals surface area contributed by atoms with Gasteiger partial charge in [-0.05, 0) is 28.6 Å². The van der Waals surface area contributed by atoms with Crippen LogP contribution in [-0.2, 0) is 17.9 Å². The number of carbonyl (C=O) groups excluding carboxylic acids is 1. The van der Waals surface area contributed by atoms with Gasteiger partial charge >= 0.3 is 0 Å². The van der Waals surface area contributed by atoms with E-state index in [-0.39, 0.29) is 17.2 Å². The van der Waals surface area contributed by atoms with Crippen LogP contribution in [0.4, 0.5) is 0 Å². The summed E-state index contributed by atoms with van der Waals surface area (Å²) in [4.78, 5) is 26.2. The molecule has 3 heterocycles. The van der Waals surface area contributed by atoms with Crippen LogP contribution in [0.1, 0.15) is 26.0 Å². The fourth-order valence-corrected chi connectivity index (χ4v) is 3.93. The van der Waals surface area contributed by atoms with Crippen LogP contribution in [0.3, 0.4) is 0 Å². The first-order valence-corrected chi connectivity index (χ1v) is 11.0. The predicted octanol–water partition coefficient (Wildman–Crippen LogP) is 3.03. The zero-order chi connectivity index (χ0) is 21.5. The lowest BCUT2D eigenvalue weighted by Gasteiger charge is -2.29. The summed E-state index contributed by atoms with van der Waals surface area (Å²) in [6, 6.07) is 12.3. The fourth-order valence-electron chi connectivity index (χ4n) is 2.92. The van der Waals surface area contributed by atoms with Gasteiger partial charge in [0, 0.05) is 24.8 Å². The van der Waals surface area contributed by atoms with Crippen molar-refractivity contribution < 1.29 is 4.79 Å². The monoisotopic (exact) mass is 446 g/mol. The van der Waals surface area contributed by atoms with Crippen LogP contribution in [0.5, 0.6) is 0 Å². The third kappa shape index (κ3) is 5.09. The molecule has 0 unspecified atom stereocenters. The minimum atomic E-state index is -0.0344. The Morgan fingerprint density at radius 1 is 1.13 bits per heavy atom. The van der Waals surface area contributed by atoms with E-state index in [0.29, 0.717) is 35.5 Å². The predicted molar refractivity (Wildman–Crippen MR) is 117 cm³/mol. The average molecular weight is 447 g/mol. The van der Waals surface area contributed by atoms with Gasteiger partial charge in [0.25, 0.3) is 5.56 Å². The first-order valence-electron chi connectivity index (χ1n) is 9.67. The number of fused-ring (bicyclic) bond motifs is 1.